The Labute approximate surface area is 224 Å². The van der Waals surface area contributed by atoms with Gasteiger partial charge in [-0.25, -0.2) is 5.01 Å². The number of carbonyl (C=O) groups excluding carboxylic acids is 1. The molecule has 2 atom stereocenters. The number of allylic oxidation sites excluding steroid dienone is 1. The molecule has 1 saturated carbocycles. The number of anilines is 2. The van der Waals surface area contributed by atoms with Gasteiger partial charge < -0.3 is 9.80 Å². The van der Waals surface area contributed by atoms with Crippen LogP contribution in [0.3, 0.4) is 0 Å². The molecule has 2 aliphatic rings. The first-order valence-electron chi connectivity index (χ1n) is 12.7. The molecule has 6 heteroatoms. The monoisotopic (exact) mass is 512 g/mol. The summed E-state index contributed by atoms with van der Waals surface area (Å²) in [5.74, 6) is 0.0532. The van der Waals surface area contributed by atoms with Gasteiger partial charge in [0.15, 0.2) is 0 Å². The molecule has 1 amide bonds. The molecule has 0 aromatic heterocycles. The molecule has 0 unspecified atom stereocenters. The summed E-state index contributed by atoms with van der Waals surface area (Å²) in [5, 5.41) is 7.35. The van der Waals surface area contributed by atoms with E-state index < -0.39 is 0 Å². The molecule has 1 aliphatic heterocycles. The molecule has 5 rings (SSSR count). The van der Waals surface area contributed by atoms with Gasteiger partial charge in [0.1, 0.15) is 0 Å². The van der Waals surface area contributed by atoms with Gasteiger partial charge in [-0.3, -0.25) is 4.79 Å². The molecule has 1 aliphatic carbocycles. The molecule has 3 aromatic rings. The highest BCUT2D eigenvalue weighted by atomic mass is 35.5. The van der Waals surface area contributed by atoms with Gasteiger partial charge in [-0.1, -0.05) is 35.9 Å². The summed E-state index contributed by atoms with van der Waals surface area (Å²) in [7, 11) is 8.16. The van der Waals surface area contributed by atoms with Crippen molar-refractivity contribution < 1.29 is 4.79 Å². The van der Waals surface area contributed by atoms with Crippen molar-refractivity contribution in [3.8, 4) is 0 Å². The fraction of sp³-hybridized carbons (Fsp3) is 0.290. The number of halogens is 1. The number of nitrogens with zero attached hydrogens (tertiary/aromatic N) is 4. The van der Waals surface area contributed by atoms with Crippen molar-refractivity contribution in [3.05, 3.63) is 100 Å². The minimum absolute atomic E-state index is 0.102. The first-order valence-corrected chi connectivity index (χ1v) is 13.1. The van der Waals surface area contributed by atoms with Crippen LogP contribution >= 0.6 is 11.6 Å². The highest BCUT2D eigenvalue weighted by Crippen LogP contribution is 2.45. The zero-order valence-corrected chi connectivity index (χ0v) is 22.6. The molecule has 0 bridgehead atoms. The lowest BCUT2D eigenvalue weighted by atomic mass is 9.77. The summed E-state index contributed by atoms with van der Waals surface area (Å²) in [6.45, 7) is 0. The molecular formula is C31H33ClN4O. The standard InChI is InChI=1S/C31H33ClN4O/c1-34(2)26-16-8-21(9-17-26)20-24-6-5-7-28-29(24)33-36(31(37)23-10-14-25(32)15-11-23)30(28)22-12-18-27(19-13-22)35(3)4/h8-20,28,30H,5-7H2,1-4H3/b24-20+/t28-,30+/m0/s1. The van der Waals surface area contributed by atoms with Crippen LogP contribution in [0.5, 0.6) is 0 Å². The highest BCUT2D eigenvalue weighted by molar-refractivity contribution is 6.30. The van der Waals surface area contributed by atoms with Crippen molar-refractivity contribution in [2.24, 2.45) is 11.0 Å². The Morgan fingerprint density at radius 3 is 2.08 bits per heavy atom. The second kappa shape index (κ2) is 10.4. The maximum absolute atomic E-state index is 13.8. The van der Waals surface area contributed by atoms with Crippen LogP contribution in [0, 0.1) is 5.92 Å². The van der Waals surface area contributed by atoms with Gasteiger partial charge in [-0.2, -0.15) is 5.10 Å². The van der Waals surface area contributed by atoms with Crippen molar-refractivity contribution in [1.82, 2.24) is 5.01 Å². The maximum Gasteiger partial charge on any atom is 0.274 e. The molecule has 1 fully saturated rings. The van der Waals surface area contributed by atoms with Gasteiger partial charge >= 0.3 is 0 Å². The number of rotatable bonds is 5. The third-order valence-corrected chi connectivity index (χ3v) is 7.55. The molecule has 3 aromatic carbocycles. The number of hydrogen-bond donors (Lipinski definition) is 0. The average Bonchev–Trinajstić information content (AvgIpc) is 3.30. The predicted molar refractivity (Wildman–Crippen MR) is 155 cm³/mol. The van der Waals surface area contributed by atoms with Gasteiger partial charge in [-0.15, -0.1) is 0 Å². The minimum Gasteiger partial charge on any atom is -0.378 e. The molecule has 0 saturated heterocycles. The normalized spacial score (nSPS) is 20.0. The van der Waals surface area contributed by atoms with Crippen molar-refractivity contribution >= 4 is 40.7 Å². The molecule has 0 spiro atoms. The molecule has 190 valence electrons. The first-order chi connectivity index (χ1) is 17.8. The van der Waals surface area contributed by atoms with E-state index in [-0.39, 0.29) is 17.9 Å². The van der Waals surface area contributed by atoms with Crippen LogP contribution in [0.2, 0.25) is 5.02 Å². The minimum atomic E-state index is -0.144. The second-order valence-electron chi connectivity index (χ2n) is 10.2. The van der Waals surface area contributed by atoms with Crippen molar-refractivity contribution in [2.75, 3.05) is 38.0 Å². The Hall–Kier alpha value is -3.57. The van der Waals surface area contributed by atoms with Gasteiger partial charge in [0, 0.05) is 56.1 Å². The Balaban J connectivity index is 1.54. The van der Waals surface area contributed by atoms with Crippen LogP contribution < -0.4 is 9.80 Å². The van der Waals surface area contributed by atoms with Gasteiger partial charge in [0.25, 0.3) is 5.91 Å². The van der Waals surface area contributed by atoms with Crippen LogP contribution in [0.4, 0.5) is 11.4 Å². The number of amides is 1. The van der Waals surface area contributed by atoms with Gasteiger partial charge in [0.05, 0.1) is 11.8 Å². The fourth-order valence-corrected chi connectivity index (χ4v) is 5.39. The number of benzene rings is 3. The Morgan fingerprint density at radius 2 is 1.49 bits per heavy atom. The molecule has 0 N–H and O–H groups in total. The Morgan fingerprint density at radius 1 is 0.892 bits per heavy atom. The summed E-state index contributed by atoms with van der Waals surface area (Å²) in [6, 6.07) is 24.0. The van der Waals surface area contributed by atoms with Crippen molar-refractivity contribution in [3.63, 3.8) is 0 Å². The van der Waals surface area contributed by atoms with Crippen molar-refractivity contribution in [1.29, 1.82) is 0 Å². The highest BCUT2D eigenvalue weighted by Gasteiger charge is 2.43. The van der Waals surface area contributed by atoms with E-state index in [0.717, 1.165) is 41.8 Å². The predicted octanol–water partition coefficient (Wildman–Crippen LogP) is 6.91. The summed E-state index contributed by atoms with van der Waals surface area (Å²) in [6.07, 6.45) is 5.27. The van der Waals surface area contributed by atoms with E-state index in [1.165, 1.54) is 11.3 Å². The summed E-state index contributed by atoms with van der Waals surface area (Å²) in [4.78, 5) is 18.0. The van der Waals surface area contributed by atoms with E-state index >= 15 is 0 Å². The van der Waals surface area contributed by atoms with E-state index in [2.05, 4.69) is 64.4 Å². The Bertz CT molecular complexity index is 1330. The van der Waals surface area contributed by atoms with Gasteiger partial charge in [0.2, 0.25) is 0 Å². The number of fused-ring (bicyclic) bond motifs is 1. The van der Waals surface area contributed by atoms with E-state index in [1.807, 2.05) is 28.2 Å². The third kappa shape index (κ3) is 5.14. The van der Waals surface area contributed by atoms with Crippen LogP contribution in [0.25, 0.3) is 6.08 Å². The topological polar surface area (TPSA) is 39.1 Å². The van der Waals surface area contributed by atoms with Crippen LogP contribution in [-0.4, -0.2) is 44.8 Å². The van der Waals surface area contributed by atoms with Crippen molar-refractivity contribution in [2.45, 2.75) is 25.3 Å². The first kappa shape index (κ1) is 25.1. The lowest BCUT2D eigenvalue weighted by Crippen LogP contribution is -2.32. The van der Waals surface area contributed by atoms with Gasteiger partial charge in [-0.05, 0) is 90.6 Å². The van der Waals surface area contributed by atoms with Crippen LogP contribution in [0.1, 0.15) is 46.8 Å². The van der Waals surface area contributed by atoms with E-state index in [0.29, 0.717) is 10.6 Å². The SMILES string of the molecule is CN(C)c1ccc(/C=C2\CCC[C@H]3C2=NN(C(=O)c2ccc(Cl)cc2)[C@@H]3c2ccc(N(C)C)cc2)cc1. The Kier molecular flexibility index (Phi) is 7.07. The lowest BCUT2D eigenvalue weighted by molar-refractivity contribution is 0.0681. The third-order valence-electron chi connectivity index (χ3n) is 7.30. The fourth-order valence-electron chi connectivity index (χ4n) is 5.27. The maximum atomic E-state index is 13.8. The summed E-state index contributed by atoms with van der Waals surface area (Å²) in [5.41, 5.74) is 7.40. The van der Waals surface area contributed by atoms with Crippen LogP contribution in [0.15, 0.2) is 83.5 Å². The number of hydrogen-bond acceptors (Lipinski definition) is 4. The number of carbonyl (C=O) groups is 1. The molecular weight excluding hydrogens is 480 g/mol. The lowest BCUT2D eigenvalue weighted by Gasteiger charge is -2.30. The zero-order chi connectivity index (χ0) is 26.1. The zero-order valence-electron chi connectivity index (χ0n) is 21.9. The largest absolute Gasteiger partial charge is 0.378 e. The summed E-state index contributed by atoms with van der Waals surface area (Å²) >= 11 is 6.10. The van der Waals surface area contributed by atoms with E-state index in [1.54, 1.807) is 29.3 Å². The smallest absolute Gasteiger partial charge is 0.274 e. The molecule has 5 nitrogen and oxygen atoms in total. The van der Waals surface area contributed by atoms with Crippen LogP contribution in [-0.2, 0) is 0 Å². The molecule has 0 radical (unpaired) electrons. The molecule has 1 heterocycles. The average molecular weight is 513 g/mol. The summed E-state index contributed by atoms with van der Waals surface area (Å²) < 4.78 is 0. The molecule has 37 heavy (non-hydrogen) atoms. The number of hydrazone groups is 1. The quantitative estimate of drug-likeness (QED) is 0.373. The second-order valence-corrected chi connectivity index (χ2v) is 10.7. The van der Waals surface area contributed by atoms with E-state index in [4.69, 9.17) is 16.7 Å². The van der Waals surface area contributed by atoms with E-state index in [9.17, 15) is 4.79 Å².